The Morgan fingerprint density at radius 2 is 2.00 bits per heavy atom. The average molecular weight is 408 g/mol. The molecule has 0 saturated heterocycles. The SMILES string of the molecule is CC(C)(C)OC(=O)C[C@@H](C(=O)N[C@@H]1CCc2cc(Br)ccc21)C1CC1. The molecule has 3 rings (SSSR count). The number of fused-ring (bicyclic) bond motifs is 1. The molecule has 25 heavy (non-hydrogen) atoms. The Kier molecular flexibility index (Phi) is 5.24. The number of nitrogens with one attached hydrogen (secondary N) is 1. The van der Waals surface area contributed by atoms with Gasteiger partial charge in [-0.3, -0.25) is 9.59 Å². The number of benzene rings is 1. The van der Waals surface area contributed by atoms with Crippen molar-refractivity contribution in [1.82, 2.24) is 5.32 Å². The summed E-state index contributed by atoms with van der Waals surface area (Å²) in [7, 11) is 0. The summed E-state index contributed by atoms with van der Waals surface area (Å²) in [4.78, 5) is 25.0. The molecule has 1 amide bonds. The summed E-state index contributed by atoms with van der Waals surface area (Å²) in [5.74, 6) is -0.239. The summed E-state index contributed by atoms with van der Waals surface area (Å²) >= 11 is 3.50. The number of hydrogen-bond acceptors (Lipinski definition) is 3. The maximum atomic E-state index is 12.8. The fraction of sp³-hybridized carbons (Fsp3) is 0.600. The maximum absolute atomic E-state index is 12.8. The third-order valence-corrected chi connectivity index (χ3v) is 5.33. The Morgan fingerprint density at radius 3 is 2.64 bits per heavy atom. The molecule has 1 saturated carbocycles. The van der Waals surface area contributed by atoms with E-state index in [4.69, 9.17) is 4.74 Å². The second-order valence-corrected chi connectivity index (χ2v) is 9.09. The monoisotopic (exact) mass is 407 g/mol. The quantitative estimate of drug-likeness (QED) is 0.739. The molecule has 5 heteroatoms. The topological polar surface area (TPSA) is 55.4 Å². The lowest BCUT2D eigenvalue weighted by Crippen LogP contribution is -2.36. The molecule has 0 spiro atoms. The number of rotatable bonds is 5. The number of carbonyl (C=O) groups is 2. The molecule has 4 nitrogen and oxygen atoms in total. The average Bonchev–Trinajstić information content (AvgIpc) is 3.26. The predicted molar refractivity (Wildman–Crippen MR) is 100 cm³/mol. The van der Waals surface area contributed by atoms with E-state index in [2.05, 4.69) is 33.4 Å². The zero-order chi connectivity index (χ0) is 18.2. The lowest BCUT2D eigenvalue weighted by atomic mass is 9.97. The predicted octanol–water partition coefficient (Wildman–Crippen LogP) is 4.31. The van der Waals surface area contributed by atoms with Crippen molar-refractivity contribution in [3.05, 3.63) is 33.8 Å². The zero-order valence-electron chi connectivity index (χ0n) is 15.1. The highest BCUT2D eigenvalue weighted by Gasteiger charge is 2.39. The minimum absolute atomic E-state index is 0.00544. The first-order chi connectivity index (χ1) is 11.7. The Hall–Kier alpha value is -1.36. The molecule has 0 radical (unpaired) electrons. The minimum atomic E-state index is -0.514. The van der Waals surface area contributed by atoms with E-state index in [1.165, 1.54) is 11.1 Å². The smallest absolute Gasteiger partial charge is 0.307 e. The van der Waals surface area contributed by atoms with Gasteiger partial charge in [-0.2, -0.15) is 0 Å². The van der Waals surface area contributed by atoms with Crippen molar-refractivity contribution in [3.63, 3.8) is 0 Å². The molecule has 2 aliphatic carbocycles. The van der Waals surface area contributed by atoms with Gasteiger partial charge in [-0.25, -0.2) is 0 Å². The van der Waals surface area contributed by atoms with E-state index in [0.717, 1.165) is 30.2 Å². The Bertz CT molecular complexity index is 676. The number of aryl methyl sites for hydroxylation is 1. The lowest BCUT2D eigenvalue weighted by molar-refractivity contribution is -0.157. The highest BCUT2D eigenvalue weighted by molar-refractivity contribution is 9.10. The molecule has 1 aromatic carbocycles. The van der Waals surface area contributed by atoms with Gasteiger partial charge in [-0.15, -0.1) is 0 Å². The van der Waals surface area contributed by atoms with Gasteiger partial charge in [0.2, 0.25) is 5.91 Å². The number of hydrogen-bond donors (Lipinski definition) is 1. The van der Waals surface area contributed by atoms with E-state index in [1.54, 1.807) is 0 Å². The molecule has 1 fully saturated rings. The van der Waals surface area contributed by atoms with E-state index in [-0.39, 0.29) is 30.3 Å². The van der Waals surface area contributed by atoms with Crippen LogP contribution in [0.1, 0.15) is 63.6 Å². The van der Waals surface area contributed by atoms with Gasteiger partial charge < -0.3 is 10.1 Å². The van der Waals surface area contributed by atoms with Crippen LogP contribution in [0, 0.1) is 11.8 Å². The van der Waals surface area contributed by atoms with Crippen molar-refractivity contribution in [2.45, 2.75) is 64.5 Å². The van der Waals surface area contributed by atoms with Crippen LogP contribution in [0.2, 0.25) is 0 Å². The van der Waals surface area contributed by atoms with Gasteiger partial charge >= 0.3 is 5.97 Å². The van der Waals surface area contributed by atoms with Crippen LogP contribution in [0.5, 0.6) is 0 Å². The van der Waals surface area contributed by atoms with E-state index in [1.807, 2.05) is 26.8 Å². The van der Waals surface area contributed by atoms with Crippen LogP contribution in [0.4, 0.5) is 0 Å². The van der Waals surface area contributed by atoms with E-state index in [9.17, 15) is 9.59 Å². The van der Waals surface area contributed by atoms with Gasteiger partial charge in [-0.05, 0) is 75.6 Å². The summed E-state index contributed by atoms with van der Waals surface area (Å²) in [5.41, 5.74) is 1.97. The molecular formula is C20H26BrNO3. The van der Waals surface area contributed by atoms with Gasteiger partial charge in [0.05, 0.1) is 18.4 Å². The molecule has 1 N–H and O–H groups in total. The van der Waals surface area contributed by atoms with Crippen molar-refractivity contribution in [3.8, 4) is 0 Å². The van der Waals surface area contributed by atoms with Crippen LogP contribution in [-0.2, 0) is 20.7 Å². The minimum Gasteiger partial charge on any atom is -0.460 e. The fourth-order valence-electron chi connectivity index (χ4n) is 3.55. The molecule has 2 aliphatic rings. The van der Waals surface area contributed by atoms with E-state index >= 15 is 0 Å². The van der Waals surface area contributed by atoms with Gasteiger partial charge in [0.15, 0.2) is 0 Å². The number of ether oxygens (including phenoxy) is 1. The van der Waals surface area contributed by atoms with E-state index in [0.29, 0.717) is 5.92 Å². The van der Waals surface area contributed by atoms with Crippen molar-refractivity contribution in [2.24, 2.45) is 11.8 Å². The molecule has 136 valence electrons. The first kappa shape index (κ1) is 18.4. The van der Waals surface area contributed by atoms with Crippen LogP contribution < -0.4 is 5.32 Å². The van der Waals surface area contributed by atoms with Gasteiger partial charge in [0, 0.05) is 4.47 Å². The number of halogens is 1. The Morgan fingerprint density at radius 1 is 1.28 bits per heavy atom. The van der Waals surface area contributed by atoms with Crippen LogP contribution in [0.3, 0.4) is 0 Å². The first-order valence-corrected chi connectivity index (χ1v) is 9.83. The number of amides is 1. The standard InChI is InChI=1S/C20H26BrNO3/c1-20(2,3)25-18(23)11-16(12-4-5-12)19(24)22-17-9-6-13-10-14(21)7-8-15(13)17/h7-8,10,12,16-17H,4-6,9,11H2,1-3H3,(H,22,24)/t16-,17-/m1/s1. The molecule has 0 heterocycles. The fourth-order valence-corrected chi connectivity index (χ4v) is 3.96. The number of esters is 1. The zero-order valence-corrected chi connectivity index (χ0v) is 16.7. The Labute approximate surface area is 157 Å². The second-order valence-electron chi connectivity index (χ2n) is 8.18. The van der Waals surface area contributed by atoms with Crippen molar-refractivity contribution in [2.75, 3.05) is 0 Å². The van der Waals surface area contributed by atoms with Crippen LogP contribution in [-0.4, -0.2) is 17.5 Å². The molecule has 1 aromatic rings. The largest absolute Gasteiger partial charge is 0.460 e. The molecule has 0 bridgehead atoms. The van der Waals surface area contributed by atoms with Crippen LogP contribution in [0.15, 0.2) is 22.7 Å². The summed E-state index contributed by atoms with van der Waals surface area (Å²) in [6.45, 7) is 5.56. The highest BCUT2D eigenvalue weighted by atomic mass is 79.9. The van der Waals surface area contributed by atoms with Crippen molar-refractivity contribution >= 4 is 27.8 Å². The summed E-state index contributed by atoms with van der Waals surface area (Å²) in [6, 6.07) is 6.27. The lowest BCUT2D eigenvalue weighted by Gasteiger charge is -2.23. The van der Waals surface area contributed by atoms with Crippen LogP contribution in [0.25, 0.3) is 0 Å². The normalized spacial score (nSPS) is 20.7. The molecule has 0 aliphatic heterocycles. The highest BCUT2D eigenvalue weighted by Crippen LogP contribution is 2.40. The molecule has 0 aromatic heterocycles. The second kappa shape index (κ2) is 7.10. The molecular weight excluding hydrogens is 382 g/mol. The molecule has 2 atom stereocenters. The maximum Gasteiger partial charge on any atom is 0.307 e. The summed E-state index contributed by atoms with van der Waals surface area (Å²) < 4.78 is 6.48. The van der Waals surface area contributed by atoms with Gasteiger partial charge in [0.1, 0.15) is 5.60 Å². The first-order valence-electron chi connectivity index (χ1n) is 9.03. The van der Waals surface area contributed by atoms with Gasteiger partial charge in [-0.1, -0.05) is 22.0 Å². The number of carbonyl (C=O) groups excluding carboxylic acids is 2. The third kappa shape index (κ3) is 4.84. The van der Waals surface area contributed by atoms with Crippen molar-refractivity contribution in [1.29, 1.82) is 0 Å². The summed E-state index contributed by atoms with van der Waals surface area (Å²) in [5, 5.41) is 3.18. The Balaban J connectivity index is 1.64. The third-order valence-electron chi connectivity index (χ3n) is 4.83. The summed E-state index contributed by atoms with van der Waals surface area (Å²) in [6.07, 6.45) is 4.11. The molecule has 0 unspecified atom stereocenters. The van der Waals surface area contributed by atoms with E-state index < -0.39 is 5.60 Å². The van der Waals surface area contributed by atoms with Gasteiger partial charge in [0.25, 0.3) is 0 Å². The van der Waals surface area contributed by atoms with Crippen molar-refractivity contribution < 1.29 is 14.3 Å². The van der Waals surface area contributed by atoms with Crippen LogP contribution >= 0.6 is 15.9 Å².